The van der Waals surface area contributed by atoms with Crippen molar-refractivity contribution in [2.24, 2.45) is 5.14 Å². The lowest BCUT2D eigenvalue weighted by Gasteiger charge is -2.08. The first-order valence-corrected chi connectivity index (χ1v) is 8.10. The molecule has 0 amide bonds. The number of nitrogens with two attached hydrogens (primary N) is 1. The molecule has 0 aliphatic rings. The minimum atomic E-state index is -3.86. The summed E-state index contributed by atoms with van der Waals surface area (Å²) >= 11 is 0. The van der Waals surface area contributed by atoms with Crippen LogP contribution in [0.1, 0.15) is 18.3 Å². The third-order valence-corrected chi connectivity index (χ3v) is 3.76. The fourth-order valence-electron chi connectivity index (χ4n) is 2.00. The second-order valence-corrected chi connectivity index (χ2v) is 6.06. The topological polar surface area (TPSA) is 100 Å². The largest absolute Gasteiger partial charge is 0.493 e. The van der Waals surface area contributed by atoms with Crippen LogP contribution in [0.5, 0.6) is 5.75 Å². The van der Waals surface area contributed by atoms with Crippen LogP contribution < -0.4 is 9.88 Å². The van der Waals surface area contributed by atoms with Crippen LogP contribution in [0, 0.1) is 6.92 Å². The summed E-state index contributed by atoms with van der Waals surface area (Å²) in [6.07, 6.45) is 0.449. The number of ether oxygens (including phenoxy) is 1. The number of aromatic nitrogens is 3. The van der Waals surface area contributed by atoms with Crippen molar-refractivity contribution < 1.29 is 13.2 Å². The Balaban J connectivity index is 2.06. The number of primary sulfonamides is 1. The number of aryl methyl sites for hydroxylation is 1. The molecule has 2 aromatic rings. The number of hydrogen-bond acceptors (Lipinski definition) is 5. The number of sulfonamides is 1. The van der Waals surface area contributed by atoms with Crippen LogP contribution >= 0.6 is 0 Å². The first-order chi connectivity index (χ1) is 9.91. The molecule has 2 rings (SSSR count). The van der Waals surface area contributed by atoms with Gasteiger partial charge in [0.2, 0.25) is 0 Å². The van der Waals surface area contributed by atoms with Gasteiger partial charge in [0, 0.05) is 13.0 Å². The Morgan fingerprint density at radius 3 is 2.71 bits per heavy atom. The maximum atomic E-state index is 11.4. The Hall–Kier alpha value is -1.93. The van der Waals surface area contributed by atoms with E-state index in [1.165, 1.54) is 4.57 Å². The van der Waals surface area contributed by atoms with Gasteiger partial charge in [0.1, 0.15) is 11.6 Å². The Kier molecular flexibility index (Phi) is 4.59. The van der Waals surface area contributed by atoms with Crippen LogP contribution in [0.2, 0.25) is 0 Å². The van der Waals surface area contributed by atoms with Crippen LogP contribution in [0.4, 0.5) is 0 Å². The predicted molar refractivity (Wildman–Crippen MR) is 77.4 cm³/mol. The second-order valence-electron chi connectivity index (χ2n) is 4.60. The summed E-state index contributed by atoms with van der Waals surface area (Å²) in [5.41, 5.74) is 1.11. The van der Waals surface area contributed by atoms with Crippen molar-refractivity contribution in [3.8, 4) is 5.75 Å². The Bertz CT molecular complexity index is 725. The Morgan fingerprint density at radius 1 is 1.33 bits per heavy atom. The van der Waals surface area contributed by atoms with Gasteiger partial charge in [-0.25, -0.2) is 13.6 Å². The first-order valence-electron chi connectivity index (χ1n) is 6.56. The van der Waals surface area contributed by atoms with Crippen LogP contribution in [0.15, 0.2) is 29.4 Å². The summed E-state index contributed by atoms with van der Waals surface area (Å²) in [7, 11) is -3.86. The number of rotatable bonds is 6. The van der Waals surface area contributed by atoms with Crippen LogP contribution in [-0.2, 0) is 23.0 Å². The van der Waals surface area contributed by atoms with E-state index in [1.807, 2.05) is 38.1 Å². The summed E-state index contributed by atoms with van der Waals surface area (Å²) in [6, 6.07) is 7.70. The van der Waals surface area contributed by atoms with Crippen LogP contribution in [-0.4, -0.2) is 29.8 Å². The average molecular weight is 310 g/mol. The van der Waals surface area contributed by atoms with Gasteiger partial charge in [-0.05, 0) is 31.5 Å². The quantitative estimate of drug-likeness (QED) is 0.853. The fourth-order valence-corrected chi connectivity index (χ4v) is 2.69. The van der Waals surface area contributed by atoms with Gasteiger partial charge in [-0.3, -0.25) is 0 Å². The van der Waals surface area contributed by atoms with Crippen molar-refractivity contribution in [3.05, 3.63) is 35.7 Å². The highest BCUT2D eigenvalue weighted by molar-refractivity contribution is 7.89. The zero-order valence-corrected chi connectivity index (χ0v) is 12.8. The minimum absolute atomic E-state index is 0.212. The molecule has 0 radical (unpaired) electrons. The summed E-state index contributed by atoms with van der Waals surface area (Å²) in [6.45, 7) is 4.60. The second kappa shape index (κ2) is 6.23. The van der Waals surface area contributed by atoms with E-state index in [4.69, 9.17) is 9.88 Å². The molecule has 0 unspecified atom stereocenters. The molecule has 21 heavy (non-hydrogen) atoms. The summed E-state index contributed by atoms with van der Waals surface area (Å²) in [4.78, 5) is 0. The summed E-state index contributed by atoms with van der Waals surface area (Å²) in [5, 5.41) is 12.4. The molecule has 8 heteroatoms. The molecular formula is C13H18N4O3S. The molecule has 0 saturated carbocycles. The van der Waals surface area contributed by atoms with E-state index in [9.17, 15) is 8.42 Å². The molecule has 114 valence electrons. The van der Waals surface area contributed by atoms with Gasteiger partial charge in [0.25, 0.3) is 15.2 Å². The van der Waals surface area contributed by atoms with E-state index in [0.29, 0.717) is 25.4 Å². The van der Waals surface area contributed by atoms with E-state index in [2.05, 4.69) is 10.2 Å². The first kappa shape index (κ1) is 15.5. The van der Waals surface area contributed by atoms with Gasteiger partial charge < -0.3 is 9.30 Å². The van der Waals surface area contributed by atoms with Gasteiger partial charge >= 0.3 is 0 Å². The normalized spacial score (nSPS) is 11.6. The third-order valence-electron chi connectivity index (χ3n) is 2.95. The molecule has 0 aliphatic carbocycles. The van der Waals surface area contributed by atoms with Crippen molar-refractivity contribution in [1.82, 2.24) is 14.8 Å². The van der Waals surface area contributed by atoms with Gasteiger partial charge in [0.05, 0.1) is 6.61 Å². The number of hydrogen-bond donors (Lipinski definition) is 1. The van der Waals surface area contributed by atoms with Gasteiger partial charge in [-0.15, -0.1) is 10.2 Å². The van der Waals surface area contributed by atoms with Gasteiger partial charge in [-0.2, -0.15) is 0 Å². The Morgan fingerprint density at radius 2 is 2.10 bits per heavy atom. The molecule has 2 N–H and O–H groups in total. The maximum Gasteiger partial charge on any atom is 0.273 e. The maximum absolute atomic E-state index is 11.4. The van der Waals surface area contributed by atoms with Crippen molar-refractivity contribution in [3.63, 3.8) is 0 Å². The molecule has 1 heterocycles. The standard InChI is InChI=1S/C13H18N4O3S/c1-3-17-12(15-16-13(17)21(14,18)19)7-8-20-11-6-4-5-10(2)9-11/h4-6,9H,3,7-8H2,1-2H3,(H2,14,18,19). The van der Waals surface area contributed by atoms with E-state index in [-0.39, 0.29) is 5.16 Å². The lowest BCUT2D eigenvalue weighted by Crippen LogP contribution is -2.19. The highest BCUT2D eigenvalue weighted by atomic mass is 32.2. The van der Waals surface area contributed by atoms with E-state index in [0.717, 1.165) is 11.3 Å². The molecule has 0 aliphatic heterocycles. The van der Waals surface area contributed by atoms with Crippen molar-refractivity contribution >= 4 is 10.0 Å². The highest BCUT2D eigenvalue weighted by Gasteiger charge is 2.19. The highest BCUT2D eigenvalue weighted by Crippen LogP contribution is 2.13. The number of benzene rings is 1. The summed E-state index contributed by atoms with van der Waals surface area (Å²) in [5.74, 6) is 1.30. The zero-order chi connectivity index (χ0) is 15.5. The molecule has 0 spiro atoms. The van der Waals surface area contributed by atoms with E-state index in [1.54, 1.807) is 0 Å². The van der Waals surface area contributed by atoms with Gasteiger partial charge in [-0.1, -0.05) is 12.1 Å². The van der Waals surface area contributed by atoms with E-state index >= 15 is 0 Å². The third kappa shape index (κ3) is 3.79. The molecule has 0 saturated heterocycles. The average Bonchev–Trinajstić information content (AvgIpc) is 2.82. The fraction of sp³-hybridized carbons (Fsp3) is 0.385. The van der Waals surface area contributed by atoms with Crippen molar-refractivity contribution in [2.45, 2.75) is 32.0 Å². The smallest absolute Gasteiger partial charge is 0.273 e. The lowest BCUT2D eigenvalue weighted by atomic mass is 10.2. The molecular weight excluding hydrogens is 292 g/mol. The molecule has 1 aromatic heterocycles. The van der Waals surface area contributed by atoms with E-state index < -0.39 is 10.0 Å². The Labute approximate surface area is 123 Å². The molecule has 0 bridgehead atoms. The molecule has 0 atom stereocenters. The molecule has 7 nitrogen and oxygen atoms in total. The van der Waals surface area contributed by atoms with Crippen molar-refractivity contribution in [2.75, 3.05) is 6.61 Å². The molecule has 0 fully saturated rings. The SMILES string of the molecule is CCn1c(CCOc2cccc(C)c2)nnc1S(N)(=O)=O. The molecule has 1 aromatic carbocycles. The number of nitrogens with zero attached hydrogens (tertiary/aromatic N) is 3. The zero-order valence-electron chi connectivity index (χ0n) is 12.0. The summed E-state index contributed by atoms with van der Waals surface area (Å²) < 4.78 is 29.9. The lowest BCUT2D eigenvalue weighted by molar-refractivity contribution is 0.316. The predicted octanol–water partition coefficient (Wildman–Crippen LogP) is 0.875. The van der Waals surface area contributed by atoms with Crippen LogP contribution in [0.3, 0.4) is 0 Å². The monoisotopic (exact) mass is 310 g/mol. The van der Waals surface area contributed by atoms with Crippen molar-refractivity contribution in [1.29, 1.82) is 0 Å². The minimum Gasteiger partial charge on any atom is -0.493 e. The van der Waals surface area contributed by atoms with Crippen LogP contribution in [0.25, 0.3) is 0 Å². The van der Waals surface area contributed by atoms with Gasteiger partial charge in [0.15, 0.2) is 0 Å².